The summed E-state index contributed by atoms with van der Waals surface area (Å²) in [6.45, 7) is 4.55. The molecule has 2 heterocycles. The van der Waals surface area contributed by atoms with Gasteiger partial charge in [0, 0.05) is 24.1 Å². The maximum Gasteiger partial charge on any atom is 0.217 e. The van der Waals surface area contributed by atoms with Gasteiger partial charge in [-0.2, -0.15) is 9.65 Å². The smallest absolute Gasteiger partial charge is 0.217 e. The standard InChI is InChI=1S/C20H22FN3/c1-20(9-12-22)10-13-24(14-11-20)15-17-7-8-18(23-19(17)21)16-5-3-2-4-6-16/h2-8H,9-11,13-15H2,1H3. The van der Waals surface area contributed by atoms with E-state index in [1.807, 2.05) is 42.5 Å². The summed E-state index contributed by atoms with van der Waals surface area (Å²) in [5.41, 5.74) is 2.34. The third kappa shape index (κ3) is 3.80. The molecule has 0 bridgehead atoms. The maximum atomic E-state index is 14.4. The first-order chi connectivity index (χ1) is 11.6. The number of nitrogens with zero attached hydrogens (tertiary/aromatic N) is 3. The van der Waals surface area contributed by atoms with E-state index in [1.165, 1.54) is 0 Å². The van der Waals surface area contributed by atoms with Gasteiger partial charge in [0.05, 0.1) is 11.8 Å². The van der Waals surface area contributed by atoms with Crippen LogP contribution in [0.5, 0.6) is 0 Å². The van der Waals surface area contributed by atoms with E-state index < -0.39 is 0 Å². The normalized spacial score (nSPS) is 17.4. The van der Waals surface area contributed by atoms with Crippen molar-refractivity contribution in [3.63, 3.8) is 0 Å². The minimum Gasteiger partial charge on any atom is -0.299 e. The molecule has 3 rings (SSSR count). The molecule has 0 radical (unpaired) electrons. The lowest BCUT2D eigenvalue weighted by Crippen LogP contribution is -2.38. The van der Waals surface area contributed by atoms with E-state index in [0.717, 1.165) is 31.5 Å². The summed E-state index contributed by atoms with van der Waals surface area (Å²) in [7, 11) is 0. The third-order valence-corrected chi connectivity index (χ3v) is 4.96. The summed E-state index contributed by atoms with van der Waals surface area (Å²) in [6.07, 6.45) is 2.57. The van der Waals surface area contributed by atoms with Crippen LogP contribution in [0.4, 0.5) is 4.39 Å². The Kier molecular flexibility index (Phi) is 4.92. The van der Waals surface area contributed by atoms with Gasteiger partial charge < -0.3 is 0 Å². The molecular weight excluding hydrogens is 301 g/mol. The maximum absolute atomic E-state index is 14.4. The van der Waals surface area contributed by atoms with Crippen molar-refractivity contribution in [2.75, 3.05) is 13.1 Å². The van der Waals surface area contributed by atoms with Gasteiger partial charge in [0.15, 0.2) is 0 Å². The zero-order chi connectivity index (χ0) is 17.0. The fourth-order valence-electron chi connectivity index (χ4n) is 3.21. The summed E-state index contributed by atoms with van der Waals surface area (Å²) in [5.74, 6) is -0.387. The fourth-order valence-corrected chi connectivity index (χ4v) is 3.21. The molecule has 1 fully saturated rings. The van der Waals surface area contributed by atoms with Crippen molar-refractivity contribution in [2.45, 2.75) is 32.7 Å². The van der Waals surface area contributed by atoms with Crippen molar-refractivity contribution in [2.24, 2.45) is 5.41 Å². The van der Waals surface area contributed by atoms with Crippen LogP contribution in [0.1, 0.15) is 31.7 Å². The first-order valence-corrected chi connectivity index (χ1v) is 8.40. The van der Waals surface area contributed by atoms with Crippen LogP contribution in [-0.2, 0) is 6.54 Å². The quantitative estimate of drug-likeness (QED) is 0.783. The molecule has 1 aliphatic rings. The van der Waals surface area contributed by atoms with Gasteiger partial charge >= 0.3 is 0 Å². The van der Waals surface area contributed by atoms with Crippen LogP contribution < -0.4 is 0 Å². The highest BCUT2D eigenvalue weighted by Gasteiger charge is 2.30. The van der Waals surface area contributed by atoms with Gasteiger partial charge in [-0.15, -0.1) is 0 Å². The largest absolute Gasteiger partial charge is 0.299 e. The monoisotopic (exact) mass is 323 g/mol. The molecule has 0 N–H and O–H groups in total. The number of piperidine rings is 1. The number of nitriles is 1. The van der Waals surface area contributed by atoms with Crippen molar-refractivity contribution in [1.29, 1.82) is 5.26 Å². The average Bonchev–Trinajstić information content (AvgIpc) is 2.60. The number of pyridine rings is 1. The van der Waals surface area contributed by atoms with Crippen LogP contribution in [-0.4, -0.2) is 23.0 Å². The molecule has 1 aromatic heterocycles. The van der Waals surface area contributed by atoms with Crippen LogP contribution in [0, 0.1) is 22.7 Å². The van der Waals surface area contributed by atoms with Gasteiger partial charge in [-0.05, 0) is 37.4 Å². The highest BCUT2D eigenvalue weighted by Crippen LogP contribution is 2.34. The molecule has 24 heavy (non-hydrogen) atoms. The SMILES string of the molecule is CC1(CC#N)CCN(Cc2ccc(-c3ccccc3)nc2F)CC1. The number of benzene rings is 1. The Hall–Kier alpha value is -2.25. The zero-order valence-electron chi connectivity index (χ0n) is 14.0. The van der Waals surface area contributed by atoms with Gasteiger partial charge in [-0.25, -0.2) is 4.98 Å². The van der Waals surface area contributed by atoms with E-state index >= 15 is 0 Å². The molecule has 4 heteroatoms. The van der Waals surface area contributed by atoms with Crippen molar-refractivity contribution in [1.82, 2.24) is 9.88 Å². The van der Waals surface area contributed by atoms with E-state index in [2.05, 4.69) is 22.9 Å². The number of aromatic nitrogens is 1. The average molecular weight is 323 g/mol. The van der Waals surface area contributed by atoms with Crippen molar-refractivity contribution >= 4 is 0 Å². The first-order valence-electron chi connectivity index (χ1n) is 8.40. The van der Waals surface area contributed by atoms with Gasteiger partial charge in [0.1, 0.15) is 0 Å². The number of hydrogen-bond acceptors (Lipinski definition) is 3. The molecule has 124 valence electrons. The molecule has 1 saturated heterocycles. The van der Waals surface area contributed by atoms with E-state index in [0.29, 0.717) is 24.2 Å². The van der Waals surface area contributed by atoms with Crippen LogP contribution in [0.2, 0.25) is 0 Å². The first kappa shape index (κ1) is 16.6. The molecule has 0 spiro atoms. The lowest BCUT2D eigenvalue weighted by Gasteiger charge is -2.38. The summed E-state index contributed by atoms with van der Waals surface area (Å²) in [6, 6.07) is 15.7. The summed E-state index contributed by atoms with van der Waals surface area (Å²) >= 11 is 0. The fraction of sp³-hybridized carbons (Fsp3) is 0.400. The lowest BCUT2D eigenvalue weighted by molar-refractivity contribution is 0.115. The van der Waals surface area contributed by atoms with Gasteiger partial charge in [0.2, 0.25) is 5.95 Å². The van der Waals surface area contributed by atoms with Crippen LogP contribution in [0.3, 0.4) is 0 Å². The molecule has 2 aromatic rings. The Balaban J connectivity index is 1.66. The van der Waals surface area contributed by atoms with Crippen LogP contribution >= 0.6 is 0 Å². The van der Waals surface area contributed by atoms with E-state index in [-0.39, 0.29) is 11.4 Å². The minimum atomic E-state index is -0.387. The molecule has 3 nitrogen and oxygen atoms in total. The van der Waals surface area contributed by atoms with Gasteiger partial charge in [-0.3, -0.25) is 4.90 Å². The van der Waals surface area contributed by atoms with Gasteiger partial charge in [0.25, 0.3) is 0 Å². The van der Waals surface area contributed by atoms with Gasteiger partial charge in [-0.1, -0.05) is 43.3 Å². The summed E-state index contributed by atoms with van der Waals surface area (Å²) in [5, 5.41) is 8.92. The third-order valence-electron chi connectivity index (χ3n) is 4.96. The number of likely N-dealkylation sites (tertiary alicyclic amines) is 1. The second-order valence-electron chi connectivity index (χ2n) is 6.93. The Labute approximate surface area is 142 Å². The Morgan fingerprint density at radius 1 is 1.17 bits per heavy atom. The van der Waals surface area contributed by atoms with Crippen LogP contribution in [0.25, 0.3) is 11.3 Å². The molecule has 0 amide bonds. The lowest BCUT2D eigenvalue weighted by atomic mass is 9.78. The predicted molar refractivity (Wildman–Crippen MR) is 92.5 cm³/mol. The number of rotatable bonds is 4. The molecular formula is C20H22FN3. The molecule has 1 aromatic carbocycles. The highest BCUT2D eigenvalue weighted by atomic mass is 19.1. The highest BCUT2D eigenvalue weighted by molar-refractivity contribution is 5.58. The van der Waals surface area contributed by atoms with Crippen molar-refractivity contribution < 1.29 is 4.39 Å². The van der Waals surface area contributed by atoms with Crippen LogP contribution in [0.15, 0.2) is 42.5 Å². The minimum absolute atomic E-state index is 0.110. The topological polar surface area (TPSA) is 39.9 Å². The second kappa shape index (κ2) is 7.11. The van der Waals surface area contributed by atoms with E-state index in [1.54, 1.807) is 0 Å². The Morgan fingerprint density at radius 2 is 1.88 bits per heavy atom. The predicted octanol–water partition coefficient (Wildman–Crippen LogP) is 4.40. The van der Waals surface area contributed by atoms with Crippen molar-refractivity contribution in [3.8, 4) is 17.3 Å². The molecule has 0 saturated carbocycles. The molecule has 1 aliphatic heterocycles. The number of hydrogen-bond donors (Lipinski definition) is 0. The van der Waals surface area contributed by atoms with Crippen molar-refractivity contribution in [3.05, 3.63) is 54.0 Å². The van der Waals surface area contributed by atoms with E-state index in [4.69, 9.17) is 5.26 Å². The Morgan fingerprint density at radius 3 is 2.50 bits per heavy atom. The second-order valence-corrected chi connectivity index (χ2v) is 6.93. The van der Waals surface area contributed by atoms with E-state index in [9.17, 15) is 4.39 Å². The summed E-state index contributed by atoms with van der Waals surface area (Å²) in [4.78, 5) is 6.38. The Bertz CT molecular complexity index is 728. The summed E-state index contributed by atoms with van der Waals surface area (Å²) < 4.78 is 14.4. The zero-order valence-corrected chi connectivity index (χ0v) is 14.0. The molecule has 0 atom stereocenters. The molecule has 0 aliphatic carbocycles. The molecule has 0 unspecified atom stereocenters. The number of halogens is 1.